The lowest BCUT2D eigenvalue weighted by molar-refractivity contribution is 0.565. The molecule has 2 rings (SSSR count). The number of hydrogen-bond acceptors (Lipinski definition) is 1. The van der Waals surface area contributed by atoms with E-state index in [1.807, 2.05) is 0 Å². The highest BCUT2D eigenvalue weighted by Crippen LogP contribution is 2.24. The van der Waals surface area contributed by atoms with Gasteiger partial charge in [0.15, 0.2) is 0 Å². The van der Waals surface area contributed by atoms with E-state index in [-0.39, 0.29) is 6.04 Å². The highest BCUT2D eigenvalue weighted by Gasteiger charge is 2.17. The van der Waals surface area contributed by atoms with Crippen LogP contribution in [0.4, 0.5) is 8.78 Å². The van der Waals surface area contributed by atoms with Crippen molar-refractivity contribution in [1.82, 2.24) is 5.32 Å². The van der Waals surface area contributed by atoms with Crippen molar-refractivity contribution in [2.24, 2.45) is 0 Å². The molecule has 3 heteroatoms. The average molecular weight is 183 g/mol. The number of hydrogen-bond donors (Lipinski definition) is 1. The topological polar surface area (TPSA) is 12.0 Å². The molecule has 1 nitrogen and oxygen atoms in total. The molecule has 0 unspecified atom stereocenters. The Morgan fingerprint density at radius 3 is 2.38 bits per heavy atom. The highest BCUT2D eigenvalue weighted by atomic mass is 19.1. The predicted octanol–water partition coefficient (Wildman–Crippen LogP) is 2.39. The monoisotopic (exact) mass is 183 g/mol. The Morgan fingerprint density at radius 1 is 1.15 bits per heavy atom. The van der Waals surface area contributed by atoms with Crippen LogP contribution >= 0.6 is 0 Å². The van der Waals surface area contributed by atoms with Gasteiger partial charge in [-0.3, -0.25) is 0 Å². The summed E-state index contributed by atoms with van der Waals surface area (Å²) in [6, 6.07) is 3.82. The molecule has 0 aromatic heterocycles. The van der Waals surface area contributed by atoms with E-state index in [0.717, 1.165) is 31.0 Å². The molecule has 70 valence electrons. The van der Waals surface area contributed by atoms with E-state index in [0.29, 0.717) is 0 Å². The summed E-state index contributed by atoms with van der Waals surface area (Å²) in [5.41, 5.74) is 0.718. The Balaban J connectivity index is 2.28. The molecule has 0 radical (unpaired) electrons. The maximum Gasteiger partial charge on any atom is 0.126 e. The average Bonchev–Trinajstić information content (AvgIpc) is 2.53. The van der Waals surface area contributed by atoms with Crippen LogP contribution in [0.3, 0.4) is 0 Å². The Kier molecular flexibility index (Phi) is 2.27. The zero-order valence-corrected chi connectivity index (χ0v) is 7.19. The standard InChI is InChI=1S/C10H11F2N/c11-8-4-7(5-9(12)6-8)10-2-1-3-13-10/h4-6,10,13H,1-3H2/t10-/m0/s1. The van der Waals surface area contributed by atoms with Crippen molar-refractivity contribution < 1.29 is 8.78 Å². The van der Waals surface area contributed by atoms with Crippen LogP contribution in [0.15, 0.2) is 18.2 Å². The Morgan fingerprint density at radius 2 is 1.85 bits per heavy atom. The number of nitrogens with one attached hydrogen (secondary N) is 1. The molecule has 0 aliphatic carbocycles. The van der Waals surface area contributed by atoms with Crippen molar-refractivity contribution in [2.75, 3.05) is 6.54 Å². The first-order chi connectivity index (χ1) is 6.25. The Labute approximate surface area is 75.8 Å². The van der Waals surface area contributed by atoms with Gasteiger partial charge in [-0.1, -0.05) is 0 Å². The molecule has 0 spiro atoms. The van der Waals surface area contributed by atoms with E-state index in [9.17, 15) is 8.78 Å². The highest BCUT2D eigenvalue weighted by molar-refractivity contribution is 5.22. The van der Waals surface area contributed by atoms with E-state index in [1.54, 1.807) is 0 Å². The maximum atomic E-state index is 12.8. The smallest absolute Gasteiger partial charge is 0.126 e. The van der Waals surface area contributed by atoms with Crippen molar-refractivity contribution >= 4 is 0 Å². The van der Waals surface area contributed by atoms with E-state index in [2.05, 4.69) is 5.32 Å². The molecule has 1 N–H and O–H groups in total. The van der Waals surface area contributed by atoms with Crippen LogP contribution in [0.2, 0.25) is 0 Å². The second kappa shape index (κ2) is 3.42. The molecule has 1 saturated heterocycles. The van der Waals surface area contributed by atoms with Gasteiger partial charge in [-0.05, 0) is 37.1 Å². The van der Waals surface area contributed by atoms with Crippen LogP contribution in [-0.4, -0.2) is 6.54 Å². The molecular weight excluding hydrogens is 172 g/mol. The molecule has 1 atom stereocenters. The van der Waals surface area contributed by atoms with E-state index in [1.165, 1.54) is 12.1 Å². The lowest BCUT2D eigenvalue weighted by atomic mass is 10.1. The lowest BCUT2D eigenvalue weighted by Crippen LogP contribution is -2.13. The van der Waals surface area contributed by atoms with Gasteiger partial charge < -0.3 is 5.32 Å². The SMILES string of the molecule is Fc1cc(F)cc([C@@H]2CCCN2)c1. The summed E-state index contributed by atoms with van der Waals surface area (Å²) < 4.78 is 25.6. The predicted molar refractivity (Wildman–Crippen MR) is 46.3 cm³/mol. The van der Waals surface area contributed by atoms with Crippen molar-refractivity contribution in [2.45, 2.75) is 18.9 Å². The molecule has 0 bridgehead atoms. The number of halogens is 2. The lowest BCUT2D eigenvalue weighted by Gasteiger charge is -2.10. The first-order valence-electron chi connectivity index (χ1n) is 4.45. The van der Waals surface area contributed by atoms with Crippen molar-refractivity contribution in [3.63, 3.8) is 0 Å². The van der Waals surface area contributed by atoms with Crippen LogP contribution in [0.25, 0.3) is 0 Å². The molecule has 1 aliphatic rings. The van der Waals surface area contributed by atoms with Crippen LogP contribution < -0.4 is 5.32 Å². The summed E-state index contributed by atoms with van der Waals surface area (Å²) in [4.78, 5) is 0. The summed E-state index contributed by atoms with van der Waals surface area (Å²) in [5, 5.41) is 3.19. The third-order valence-corrected chi connectivity index (χ3v) is 2.35. The molecule has 0 amide bonds. The number of benzene rings is 1. The summed E-state index contributed by atoms with van der Waals surface area (Å²) >= 11 is 0. The molecule has 0 saturated carbocycles. The third-order valence-electron chi connectivity index (χ3n) is 2.35. The fraction of sp³-hybridized carbons (Fsp3) is 0.400. The first-order valence-corrected chi connectivity index (χ1v) is 4.45. The summed E-state index contributed by atoms with van der Waals surface area (Å²) in [6.07, 6.45) is 2.03. The van der Waals surface area contributed by atoms with Crippen LogP contribution in [0.1, 0.15) is 24.4 Å². The second-order valence-electron chi connectivity index (χ2n) is 3.35. The Hall–Kier alpha value is -0.960. The zero-order chi connectivity index (χ0) is 9.26. The number of rotatable bonds is 1. The fourth-order valence-electron chi connectivity index (χ4n) is 1.75. The minimum absolute atomic E-state index is 0.130. The van der Waals surface area contributed by atoms with Crippen molar-refractivity contribution in [1.29, 1.82) is 0 Å². The first kappa shape index (κ1) is 8.63. The van der Waals surface area contributed by atoms with Gasteiger partial charge in [0.05, 0.1) is 0 Å². The Bertz CT molecular complexity index is 286. The molecule has 1 heterocycles. The molecule has 1 fully saturated rings. The van der Waals surface area contributed by atoms with Gasteiger partial charge in [-0.15, -0.1) is 0 Å². The van der Waals surface area contributed by atoms with E-state index >= 15 is 0 Å². The molecule has 1 aromatic carbocycles. The van der Waals surface area contributed by atoms with Gasteiger partial charge in [0.1, 0.15) is 11.6 Å². The second-order valence-corrected chi connectivity index (χ2v) is 3.35. The normalized spacial score (nSPS) is 22.2. The third kappa shape index (κ3) is 1.86. The summed E-state index contributed by atoms with van der Waals surface area (Å²) in [6.45, 7) is 0.933. The van der Waals surface area contributed by atoms with Gasteiger partial charge in [-0.25, -0.2) is 8.78 Å². The van der Waals surface area contributed by atoms with Crippen molar-refractivity contribution in [3.8, 4) is 0 Å². The van der Waals surface area contributed by atoms with Gasteiger partial charge in [-0.2, -0.15) is 0 Å². The van der Waals surface area contributed by atoms with Gasteiger partial charge in [0.25, 0.3) is 0 Å². The van der Waals surface area contributed by atoms with E-state index < -0.39 is 11.6 Å². The van der Waals surface area contributed by atoms with Crippen LogP contribution in [0.5, 0.6) is 0 Å². The fourth-order valence-corrected chi connectivity index (χ4v) is 1.75. The zero-order valence-electron chi connectivity index (χ0n) is 7.19. The van der Waals surface area contributed by atoms with Crippen molar-refractivity contribution in [3.05, 3.63) is 35.4 Å². The van der Waals surface area contributed by atoms with Gasteiger partial charge >= 0.3 is 0 Å². The molecule has 1 aliphatic heterocycles. The van der Waals surface area contributed by atoms with Gasteiger partial charge in [0.2, 0.25) is 0 Å². The minimum atomic E-state index is -0.497. The van der Waals surface area contributed by atoms with Crippen LogP contribution in [-0.2, 0) is 0 Å². The summed E-state index contributed by atoms with van der Waals surface area (Å²) in [5.74, 6) is -0.993. The van der Waals surface area contributed by atoms with E-state index in [4.69, 9.17) is 0 Å². The van der Waals surface area contributed by atoms with Crippen LogP contribution in [0, 0.1) is 11.6 Å². The molecule has 1 aromatic rings. The largest absolute Gasteiger partial charge is 0.310 e. The maximum absolute atomic E-state index is 12.8. The quantitative estimate of drug-likeness (QED) is 0.704. The molecule has 13 heavy (non-hydrogen) atoms. The summed E-state index contributed by atoms with van der Waals surface area (Å²) in [7, 11) is 0. The molecular formula is C10H11F2N. The minimum Gasteiger partial charge on any atom is -0.310 e. The van der Waals surface area contributed by atoms with Gasteiger partial charge in [0, 0.05) is 12.1 Å².